The largest absolute Gasteiger partial charge is 0.309 e. The number of hydrogen-bond acceptors (Lipinski definition) is 4. The van der Waals surface area contributed by atoms with Crippen molar-refractivity contribution in [2.75, 3.05) is 11.5 Å². The Kier molecular flexibility index (Phi) is 3.26. The minimum Gasteiger partial charge on any atom is -0.309 e. The molecule has 1 aliphatic rings. The van der Waals surface area contributed by atoms with Crippen molar-refractivity contribution in [3.63, 3.8) is 0 Å². The fourth-order valence-electron chi connectivity index (χ4n) is 2.41. The second kappa shape index (κ2) is 4.90. The Hall–Kier alpha value is -1.07. The zero-order valence-electron chi connectivity index (χ0n) is 10.8. The van der Waals surface area contributed by atoms with Gasteiger partial charge in [0.05, 0.1) is 5.69 Å². The summed E-state index contributed by atoms with van der Waals surface area (Å²) in [5.74, 6) is 2.53. The highest BCUT2D eigenvalue weighted by molar-refractivity contribution is 7.99. The summed E-state index contributed by atoms with van der Waals surface area (Å²) < 4.78 is 1.84. The van der Waals surface area contributed by atoms with E-state index in [9.17, 15) is 0 Å². The van der Waals surface area contributed by atoms with Crippen molar-refractivity contribution in [1.29, 1.82) is 0 Å². The molecule has 0 spiro atoms. The highest BCUT2D eigenvalue weighted by Gasteiger charge is 2.14. The molecule has 1 fully saturated rings. The first-order chi connectivity index (χ1) is 8.74. The van der Waals surface area contributed by atoms with Gasteiger partial charge < -0.3 is 5.32 Å². The normalized spacial score (nSPS) is 19.8. The fraction of sp³-hybridized carbons (Fsp3) is 0.538. The van der Waals surface area contributed by atoms with Crippen LogP contribution in [0.5, 0.6) is 0 Å². The number of hydrogen-bond donors (Lipinski definition) is 1. The van der Waals surface area contributed by atoms with E-state index in [1.54, 1.807) is 0 Å². The minimum absolute atomic E-state index is 0.667. The van der Waals surface area contributed by atoms with Crippen molar-refractivity contribution in [3.8, 4) is 0 Å². The van der Waals surface area contributed by atoms with E-state index in [0.717, 1.165) is 23.3 Å². The third-order valence-corrected chi connectivity index (χ3v) is 4.61. The first kappa shape index (κ1) is 12.0. The molecule has 0 aliphatic carbocycles. The van der Waals surface area contributed by atoms with E-state index >= 15 is 0 Å². The van der Waals surface area contributed by atoms with Crippen molar-refractivity contribution >= 4 is 22.8 Å². The molecule has 1 atom stereocenters. The van der Waals surface area contributed by atoms with Crippen LogP contribution in [0.1, 0.15) is 17.7 Å². The Labute approximate surface area is 111 Å². The van der Waals surface area contributed by atoms with Crippen molar-refractivity contribution in [3.05, 3.63) is 23.5 Å². The van der Waals surface area contributed by atoms with E-state index in [4.69, 9.17) is 0 Å². The molecule has 0 saturated carbocycles. The molecular weight excluding hydrogens is 244 g/mol. The lowest BCUT2D eigenvalue weighted by molar-refractivity contribution is 0.557. The molecule has 2 aromatic heterocycles. The van der Waals surface area contributed by atoms with Crippen LogP contribution >= 0.6 is 11.8 Å². The van der Waals surface area contributed by atoms with Gasteiger partial charge in [-0.05, 0) is 30.7 Å². The summed E-state index contributed by atoms with van der Waals surface area (Å²) in [6, 6.07) is 2.88. The molecule has 0 bridgehead atoms. The number of nitrogens with zero attached hydrogens (tertiary/aromatic N) is 3. The van der Waals surface area contributed by atoms with Crippen LogP contribution in [0.15, 0.2) is 12.3 Å². The maximum absolute atomic E-state index is 4.50. The van der Waals surface area contributed by atoms with Crippen LogP contribution in [0.25, 0.3) is 11.0 Å². The van der Waals surface area contributed by atoms with Crippen LogP contribution in [-0.2, 0) is 13.6 Å². The Morgan fingerprint density at radius 1 is 1.56 bits per heavy atom. The molecular formula is C13H18N4S. The molecule has 0 aromatic carbocycles. The Bertz CT molecular complexity index is 557. The average molecular weight is 262 g/mol. The molecule has 0 radical (unpaired) electrons. The summed E-state index contributed by atoms with van der Waals surface area (Å²) in [4.78, 5) is 4.50. The van der Waals surface area contributed by atoms with Gasteiger partial charge in [0.2, 0.25) is 0 Å². The van der Waals surface area contributed by atoms with Gasteiger partial charge in [-0.15, -0.1) is 0 Å². The molecule has 1 N–H and O–H groups in total. The van der Waals surface area contributed by atoms with Gasteiger partial charge in [0, 0.05) is 37.0 Å². The Morgan fingerprint density at radius 2 is 2.44 bits per heavy atom. The van der Waals surface area contributed by atoms with Crippen LogP contribution in [0.2, 0.25) is 0 Å². The monoisotopic (exact) mass is 262 g/mol. The summed E-state index contributed by atoms with van der Waals surface area (Å²) in [5.41, 5.74) is 3.27. The van der Waals surface area contributed by atoms with Gasteiger partial charge in [-0.25, -0.2) is 4.98 Å². The standard InChI is InChI=1S/C13H18N4S/c1-9-12-5-10(6-14-11-3-4-18-8-11)7-15-13(12)17(2)16-9/h5,7,11,14H,3-4,6,8H2,1-2H3. The summed E-state index contributed by atoms with van der Waals surface area (Å²) in [5, 5.41) is 9.16. The summed E-state index contributed by atoms with van der Waals surface area (Å²) in [7, 11) is 1.94. The predicted octanol–water partition coefficient (Wildman–Crippen LogP) is 1.87. The molecule has 1 aliphatic heterocycles. The minimum atomic E-state index is 0.667. The van der Waals surface area contributed by atoms with E-state index in [1.165, 1.54) is 23.5 Å². The van der Waals surface area contributed by atoms with Gasteiger partial charge in [0.15, 0.2) is 5.65 Å². The molecule has 4 nitrogen and oxygen atoms in total. The third-order valence-electron chi connectivity index (χ3n) is 3.44. The quantitative estimate of drug-likeness (QED) is 0.917. The van der Waals surface area contributed by atoms with Crippen LogP contribution in [0.3, 0.4) is 0 Å². The van der Waals surface area contributed by atoms with Gasteiger partial charge in [-0.2, -0.15) is 16.9 Å². The van der Waals surface area contributed by atoms with Crippen LogP contribution < -0.4 is 5.32 Å². The van der Waals surface area contributed by atoms with Gasteiger partial charge in [0.1, 0.15) is 0 Å². The van der Waals surface area contributed by atoms with Crippen molar-refractivity contribution in [2.45, 2.75) is 25.9 Å². The van der Waals surface area contributed by atoms with Crippen LogP contribution in [0, 0.1) is 6.92 Å². The number of aryl methyl sites for hydroxylation is 2. The molecule has 5 heteroatoms. The number of aromatic nitrogens is 3. The summed E-state index contributed by atoms with van der Waals surface area (Å²) in [6.07, 6.45) is 3.24. The highest BCUT2D eigenvalue weighted by Crippen LogP contribution is 2.19. The predicted molar refractivity (Wildman–Crippen MR) is 75.8 cm³/mol. The first-order valence-electron chi connectivity index (χ1n) is 6.33. The van der Waals surface area contributed by atoms with Gasteiger partial charge in [-0.1, -0.05) is 0 Å². The molecule has 96 valence electrons. The molecule has 2 aromatic rings. The lowest BCUT2D eigenvalue weighted by Gasteiger charge is -2.10. The second-order valence-electron chi connectivity index (χ2n) is 4.87. The number of fused-ring (bicyclic) bond motifs is 1. The number of thioether (sulfide) groups is 1. The number of pyridine rings is 1. The maximum atomic E-state index is 4.50. The first-order valence-corrected chi connectivity index (χ1v) is 7.49. The van der Waals surface area contributed by atoms with Crippen LogP contribution in [0.4, 0.5) is 0 Å². The van der Waals surface area contributed by atoms with Crippen molar-refractivity contribution < 1.29 is 0 Å². The summed E-state index contributed by atoms with van der Waals surface area (Å²) in [6.45, 7) is 2.94. The van der Waals surface area contributed by atoms with E-state index in [1.807, 2.05) is 36.6 Å². The van der Waals surface area contributed by atoms with Crippen LogP contribution in [-0.4, -0.2) is 32.3 Å². The summed E-state index contributed by atoms with van der Waals surface area (Å²) >= 11 is 2.03. The SMILES string of the molecule is Cc1nn(C)c2ncc(CNC3CCSC3)cc12. The zero-order valence-corrected chi connectivity index (χ0v) is 11.6. The molecule has 1 unspecified atom stereocenters. The average Bonchev–Trinajstić information content (AvgIpc) is 2.97. The smallest absolute Gasteiger partial charge is 0.157 e. The molecule has 0 amide bonds. The maximum Gasteiger partial charge on any atom is 0.157 e. The lowest BCUT2D eigenvalue weighted by Crippen LogP contribution is -2.27. The molecule has 18 heavy (non-hydrogen) atoms. The van der Waals surface area contributed by atoms with E-state index < -0.39 is 0 Å². The number of nitrogens with one attached hydrogen (secondary N) is 1. The zero-order chi connectivity index (χ0) is 12.5. The Morgan fingerprint density at radius 3 is 3.22 bits per heavy atom. The van der Waals surface area contributed by atoms with E-state index in [2.05, 4.69) is 21.5 Å². The fourth-order valence-corrected chi connectivity index (χ4v) is 3.59. The van der Waals surface area contributed by atoms with E-state index in [-0.39, 0.29) is 0 Å². The second-order valence-corrected chi connectivity index (χ2v) is 6.01. The van der Waals surface area contributed by atoms with Crippen molar-refractivity contribution in [1.82, 2.24) is 20.1 Å². The van der Waals surface area contributed by atoms with Gasteiger partial charge in [-0.3, -0.25) is 4.68 Å². The topological polar surface area (TPSA) is 42.7 Å². The molecule has 1 saturated heterocycles. The lowest BCUT2D eigenvalue weighted by atomic mass is 10.2. The third kappa shape index (κ3) is 2.24. The number of rotatable bonds is 3. The molecule has 3 heterocycles. The van der Waals surface area contributed by atoms with E-state index in [0.29, 0.717) is 6.04 Å². The van der Waals surface area contributed by atoms with Gasteiger partial charge in [0.25, 0.3) is 0 Å². The van der Waals surface area contributed by atoms with Gasteiger partial charge >= 0.3 is 0 Å². The highest BCUT2D eigenvalue weighted by atomic mass is 32.2. The Balaban J connectivity index is 1.78. The molecule has 3 rings (SSSR count). The van der Waals surface area contributed by atoms with Crippen molar-refractivity contribution in [2.24, 2.45) is 7.05 Å².